The highest BCUT2D eigenvalue weighted by molar-refractivity contribution is 5.84. The van der Waals surface area contributed by atoms with Crippen LogP contribution in [0.15, 0.2) is 18.5 Å². The molecule has 3 heterocycles. The highest BCUT2D eigenvalue weighted by atomic mass is 16.2. The topological polar surface area (TPSA) is 62.2 Å². The summed E-state index contributed by atoms with van der Waals surface area (Å²) in [7, 11) is 0. The number of hydrogen-bond acceptors (Lipinski definition) is 4. The van der Waals surface area contributed by atoms with Gasteiger partial charge in [0.25, 0.3) is 0 Å². The molecule has 0 atom stereocenters. The van der Waals surface area contributed by atoms with Gasteiger partial charge in [0.1, 0.15) is 5.54 Å². The minimum atomic E-state index is -0.523. The van der Waals surface area contributed by atoms with Gasteiger partial charge >= 0.3 is 0 Å². The second-order valence-corrected chi connectivity index (χ2v) is 7.01. The zero-order valence-electron chi connectivity index (χ0n) is 14.1. The van der Waals surface area contributed by atoms with E-state index in [4.69, 9.17) is 0 Å². The van der Waals surface area contributed by atoms with Crippen LogP contribution in [0.2, 0.25) is 0 Å². The Morgan fingerprint density at radius 3 is 2.74 bits per heavy atom. The summed E-state index contributed by atoms with van der Waals surface area (Å²) in [6, 6.07) is 1.89. The lowest BCUT2D eigenvalue weighted by molar-refractivity contribution is -0.132. The number of carbonyl (C=O) groups is 1. The quantitative estimate of drug-likeness (QED) is 0.843. The third-order valence-corrected chi connectivity index (χ3v) is 5.39. The number of aromatic nitrogens is 2. The van der Waals surface area contributed by atoms with Gasteiger partial charge in [0.2, 0.25) is 5.91 Å². The second kappa shape index (κ2) is 7.45. The Morgan fingerprint density at radius 2 is 2.09 bits per heavy atom. The third kappa shape index (κ3) is 3.75. The van der Waals surface area contributed by atoms with Crippen molar-refractivity contribution in [1.82, 2.24) is 25.3 Å². The van der Waals surface area contributed by atoms with Crippen molar-refractivity contribution in [1.29, 1.82) is 0 Å². The minimum Gasteiger partial charge on any atom is -0.353 e. The number of carbonyl (C=O) groups excluding carboxylic acids is 1. The van der Waals surface area contributed by atoms with Gasteiger partial charge in [0.05, 0.1) is 0 Å². The number of amides is 1. The molecule has 0 aromatic carbocycles. The molecule has 6 nitrogen and oxygen atoms in total. The molecule has 1 aromatic heterocycles. The Balaban J connectivity index is 1.55. The molecule has 2 aliphatic heterocycles. The normalized spacial score (nSPS) is 22.8. The van der Waals surface area contributed by atoms with E-state index in [1.54, 1.807) is 6.20 Å². The summed E-state index contributed by atoms with van der Waals surface area (Å²) in [4.78, 5) is 15.4. The van der Waals surface area contributed by atoms with E-state index < -0.39 is 5.54 Å². The Morgan fingerprint density at radius 1 is 1.35 bits per heavy atom. The molecule has 6 heteroatoms. The van der Waals surface area contributed by atoms with E-state index in [-0.39, 0.29) is 5.91 Å². The summed E-state index contributed by atoms with van der Waals surface area (Å²) >= 11 is 0. The number of nitrogens with zero attached hydrogens (tertiary/aromatic N) is 3. The molecule has 2 aliphatic rings. The van der Waals surface area contributed by atoms with E-state index in [0.29, 0.717) is 0 Å². The number of likely N-dealkylation sites (tertiary alicyclic amines) is 1. The fourth-order valence-corrected chi connectivity index (χ4v) is 3.70. The van der Waals surface area contributed by atoms with Gasteiger partial charge in [0, 0.05) is 25.5 Å². The summed E-state index contributed by atoms with van der Waals surface area (Å²) in [5, 5.41) is 10.9. The van der Waals surface area contributed by atoms with Gasteiger partial charge in [-0.05, 0) is 63.8 Å². The molecule has 1 aromatic rings. The maximum absolute atomic E-state index is 12.9. The fourth-order valence-electron chi connectivity index (χ4n) is 3.70. The first kappa shape index (κ1) is 16.5. The molecule has 0 radical (unpaired) electrons. The molecule has 2 N–H and O–H groups in total. The number of rotatable bonds is 5. The Labute approximate surface area is 138 Å². The van der Waals surface area contributed by atoms with Crippen LogP contribution in [-0.4, -0.2) is 59.9 Å². The van der Waals surface area contributed by atoms with Crippen LogP contribution in [-0.2, 0) is 10.3 Å². The number of nitrogens with one attached hydrogen (secondary N) is 2. The number of piperidine rings is 2. The smallest absolute Gasteiger partial charge is 0.248 e. The van der Waals surface area contributed by atoms with Crippen molar-refractivity contribution >= 4 is 5.91 Å². The second-order valence-electron chi connectivity index (χ2n) is 7.01. The zero-order chi connectivity index (χ0) is 16.1. The van der Waals surface area contributed by atoms with Crippen molar-refractivity contribution in [3.8, 4) is 0 Å². The first-order valence-electron chi connectivity index (χ1n) is 8.92. The van der Waals surface area contributed by atoms with Crippen LogP contribution in [0.4, 0.5) is 0 Å². The average molecular weight is 319 g/mol. The van der Waals surface area contributed by atoms with E-state index in [1.165, 1.54) is 12.8 Å². The SMILES string of the molecule is CC1CCN(CCNC(=O)C2(n3cccn3)CCNCC2)CC1. The van der Waals surface area contributed by atoms with Crippen LogP contribution in [0.1, 0.15) is 32.6 Å². The molecule has 3 rings (SSSR count). The summed E-state index contributed by atoms with van der Waals surface area (Å²) < 4.78 is 1.85. The van der Waals surface area contributed by atoms with Crippen LogP contribution in [0, 0.1) is 5.92 Å². The lowest BCUT2D eigenvalue weighted by Gasteiger charge is -2.37. The van der Waals surface area contributed by atoms with Crippen molar-refractivity contribution in [2.24, 2.45) is 5.92 Å². The first-order valence-corrected chi connectivity index (χ1v) is 8.92. The van der Waals surface area contributed by atoms with E-state index in [2.05, 4.69) is 27.6 Å². The van der Waals surface area contributed by atoms with E-state index >= 15 is 0 Å². The van der Waals surface area contributed by atoms with Gasteiger partial charge in [-0.25, -0.2) is 0 Å². The third-order valence-electron chi connectivity index (χ3n) is 5.39. The van der Waals surface area contributed by atoms with Crippen LogP contribution in [0.25, 0.3) is 0 Å². The largest absolute Gasteiger partial charge is 0.353 e. The molecule has 0 bridgehead atoms. The molecule has 0 saturated carbocycles. The molecular weight excluding hydrogens is 290 g/mol. The Bertz CT molecular complexity index is 487. The van der Waals surface area contributed by atoms with Gasteiger partial charge in [0.15, 0.2) is 0 Å². The van der Waals surface area contributed by atoms with Crippen molar-refractivity contribution in [2.75, 3.05) is 39.3 Å². The first-order chi connectivity index (χ1) is 11.2. The summed E-state index contributed by atoms with van der Waals surface area (Å²) in [6.07, 6.45) is 7.81. The van der Waals surface area contributed by atoms with Crippen LogP contribution < -0.4 is 10.6 Å². The van der Waals surface area contributed by atoms with E-state index in [1.807, 2.05) is 16.9 Å². The Hall–Kier alpha value is -1.40. The van der Waals surface area contributed by atoms with E-state index in [0.717, 1.165) is 58.0 Å². The molecule has 128 valence electrons. The van der Waals surface area contributed by atoms with Crippen molar-refractivity contribution in [2.45, 2.75) is 38.1 Å². The van der Waals surface area contributed by atoms with Crippen molar-refractivity contribution in [3.63, 3.8) is 0 Å². The van der Waals surface area contributed by atoms with Crippen LogP contribution in [0.3, 0.4) is 0 Å². The summed E-state index contributed by atoms with van der Waals surface area (Å²) in [5.41, 5.74) is -0.523. The molecule has 2 saturated heterocycles. The lowest BCUT2D eigenvalue weighted by atomic mass is 9.87. The van der Waals surface area contributed by atoms with Gasteiger partial charge in [-0.2, -0.15) is 5.10 Å². The summed E-state index contributed by atoms with van der Waals surface area (Å²) in [6.45, 7) is 8.03. The van der Waals surface area contributed by atoms with E-state index in [9.17, 15) is 4.79 Å². The zero-order valence-corrected chi connectivity index (χ0v) is 14.1. The molecule has 0 spiro atoms. The van der Waals surface area contributed by atoms with Gasteiger partial charge < -0.3 is 15.5 Å². The Kier molecular flexibility index (Phi) is 5.33. The number of hydrogen-bond donors (Lipinski definition) is 2. The lowest BCUT2D eigenvalue weighted by Crippen LogP contribution is -2.55. The monoisotopic (exact) mass is 319 g/mol. The van der Waals surface area contributed by atoms with Gasteiger partial charge in [-0.15, -0.1) is 0 Å². The minimum absolute atomic E-state index is 0.119. The highest BCUT2D eigenvalue weighted by Gasteiger charge is 2.41. The van der Waals surface area contributed by atoms with Crippen molar-refractivity contribution < 1.29 is 4.79 Å². The predicted molar refractivity (Wildman–Crippen MR) is 90.2 cm³/mol. The molecule has 2 fully saturated rings. The molecule has 23 heavy (non-hydrogen) atoms. The average Bonchev–Trinajstić information content (AvgIpc) is 3.12. The maximum atomic E-state index is 12.9. The van der Waals surface area contributed by atoms with Crippen molar-refractivity contribution in [3.05, 3.63) is 18.5 Å². The predicted octanol–water partition coefficient (Wildman–Crippen LogP) is 0.810. The standard InChI is InChI=1S/C17H29N5O/c1-15-3-12-21(13-4-15)14-10-19-16(23)17(5-8-18-9-6-17)22-11-2-7-20-22/h2,7,11,15,18H,3-6,8-10,12-14H2,1H3,(H,19,23). The summed E-state index contributed by atoms with van der Waals surface area (Å²) in [5.74, 6) is 0.965. The van der Waals surface area contributed by atoms with Gasteiger partial charge in [-0.3, -0.25) is 9.48 Å². The molecular formula is C17H29N5O. The molecule has 0 unspecified atom stereocenters. The highest BCUT2D eigenvalue weighted by Crippen LogP contribution is 2.27. The fraction of sp³-hybridized carbons (Fsp3) is 0.765. The van der Waals surface area contributed by atoms with Crippen LogP contribution >= 0.6 is 0 Å². The molecule has 0 aliphatic carbocycles. The van der Waals surface area contributed by atoms with Crippen LogP contribution in [0.5, 0.6) is 0 Å². The molecule has 1 amide bonds. The van der Waals surface area contributed by atoms with Gasteiger partial charge in [-0.1, -0.05) is 6.92 Å². The maximum Gasteiger partial charge on any atom is 0.248 e.